The number of nitrogens with one attached hydrogen (secondary N) is 1. The molecule has 1 aromatic carbocycles. The van der Waals surface area contributed by atoms with Gasteiger partial charge in [0.15, 0.2) is 0 Å². The number of amides is 1. The van der Waals surface area contributed by atoms with Crippen molar-refractivity contribution in [2.45, 2.75) is 24.1 Å². The van der Waals surface area contributed by atoms with E-state index in [0.717, 1.165) is 22.0 Å². The minimum absolute atomic E-state index is 0.0844. The van der Waals surface area contributed by atoms with E-state index in [-0.39, 0.29) is 12.3 Å². The van der Waals surface area contributed by atoms with Crippen molar-refractivity contribution in [3.05, 3.63) is 69.8 Å². The number of nitriles is 1. The summed E-state index contributed by atoms with van der Waals surface area (Å²) >= 11 is 2.94. The fraction of sp³-hybridized carbons (Fsp3) is 0.158. The first-order valence-corrected chi connectivity index (χ1v) is 9.78. The summed E-state index contributed by atoms with van der Waals surface area (Å²) in [5.74, 6) is 0.529. The molecule has 0 unspecified atom stereocenters. The van der Waals surface area contributed by atoms with E-state index in [0.29, 0.717) is 16.3 Å². The SMILES string of the molecule is Cc1ccc(NC(=O)Cc2nc(CSc3ncccc3C#N)cs2)cc1. The van der Waals surface area contributed by atoms with Crippen LogP contribution in [0.2, 0.25) is 0 Å². The normalized spacial score (nSPS) is 10.3. The molecule has 0 atom stereocenters. The minimum atomic E-state index is -0.0844. The summed E-state index contributed by atoms with van der Waals surface area (Å²) in [5.41, 5.74) is 3.38. The van der Waals surface area contributed by atoms with E-state index in [1.165, 1.54) is 23.1 Å². The van der Waals surface area contributed by atoms with Gasteiger partial charge in [-0.1, -0.05) is 29.5 Å². The van der Waals surface area contributed by atoms with Gasteiger partial charge in [-0.15, -0.1) is 11.3 Å². The van der Waals surface area contributed by atoms with Gasteiger partial charge in [0.25, 0.3) is 0 Å². The number of benzene rings is 1. The number of nitrogens with zero attached hydrogens (tertiary/aromatic N) is 3. The van der Waals surface area contributed by atoms with Crippen LogP contribution in [0, 0.1) is 18.3 Å². The number of thioether (sulfide) groups is 1. The van der Waals surface area contributed by atoms with Crippen LogP contribution in [0.3, 0.4) is 0 Å². The molecular formula is C19H16N4OS2. The molecule has 3 rings (SSSR count). The largest absolute Gasteiger partial charge is 0.326 e. The molecule has 0 bridgehead atoms. The molecular weight excluding hydrogens is 364 g/mol. The van der Waals surface area contributed by atoms with E-state index >= 15 is 0 Å². The fourth-order valence-electron chi connectivity index (χ4n) is 2.21. The van der Waals surface area contributed by atoms with E-state index in [4.69, 9.17) is 5.26 Å². The number of pyridine rings is 1. The monoisotopic (exact) mass is 380 g/mol. The van der Waals surface area contributed by atoms with Gasteiger partial charge in [-0.25, -0.2) is 9.97 Å². The molecule has 0 saturated carbocycles. The predicted molar refractivity (Wildman–Crippen MR) is 104 cm³/mol. The first kappa shape index (κ1) is 18.1. The lowest BCUT2D eigenvalue weighted by Gasteiger charge is -2.04. The molecule has 5 nitrogen and oxygen atoms in total. The quantitative estimate of drug-likeness (QED) is 0.649. The van der Waals surface area contributed by atoms with Crippen LogP contribution in [0.25, 0.3) is 0 Å². The molecule has 7 heteroatoms. The number of anilines is 1. The highest BCUT2D eigenvalue weighted by Gasteiger charge is 2.10. The number of carbonyl (C=O) groups excluding carboxylic acids is 1. The molecule has 0 fully saturated rings. The molecule has 0 aliphatic carbocycles. The summed E-state index contributed by atoms with van der Waals surface area (Å²) in [6.45, 7) is 2.01. The lowest BCUT2D eigenvalue weighted by molar-refractivity contribution is -0.115. The number of aryl methyl sites for hydroxylation is 1. The average molecular weight is 380 g/mol. The lowest BCUT2D eigenvalue weighted by atomic mass is 10.2. The highest BCUT2D eigenvalue weighted by molar-refractivity contribution is 7.98. The van der Waals surface area contributed by atoms with Crippen molar-refractivity contribution in [2.75, 3.05) is 5.32 Å². The smallest absolute Gasteiger partial charge is 0.231 e. The summed E-state index contributed by atoms with van der Waals surface area (Å²) in [4.78, 5) is 20.9. The maximum atomic E-state index is 12.1. The second-order valence-electron chi connectivity index (χ2n) is 5.58. The number of hydrogen-bond acceptors (Lipinski definition) is 6. The Balaban J connectivity index is 1.55. The third kappa shape index (κ3) is 4.91. The van der Waals surface area contributed by atoms with Crippen LogP contribution in [0.4, 0.5) is 5.69 Å². The van der Waals surface area contributed by atoms with Crippen molar-refractivity contribution >= 4 is 34.7 Å². The van der Waals surface area contributed by atoms with Crippen LogP contribution in [-0.2, 0) is 17.0 Å². The number of aromatic nitrogens is 2. The van der Waals surface area contributed by atoms with Crippen molar-refractivity contribution in [2.24, 2.45) is 0 Å². The summed E-state index contributed by atoms with van der Waals surface area (Å²) in [7, 11) is 0. The molecule has 1 N–H and O–H groups in total. The molecule has 2 aromatic heterocycles. The summed E-state index contributed by atoms with van der Waals surface area (Å²) in [5, 5.41) is 15.4. The van der Waals surface area contributed by atoms with E-state index in [9.17, 15) is 4.79 Å². The van der Waals surface area contributed by atoms with Crippen LogP contribution in [-0.4, -0.2) is 15.9 Å². The van der Waals surface area contributed by atoms with Gasteiger partial charge in [0.05, 0.1) is 17.7 Å². The Morgan fingerprint density at radius 3 is 2.88 bits per heavy atom. The van der Waals surface area contributed by atoms with Gasteiger partial charge in [-0.05, 0) is 31.2 Å². The third-order valence-corrected chi connectivity index (χ3v) is 5.43. The first-order chi connectivity index (χ1) is 12.6. The van der Waals surface area contributed by atoms with Gasteiger partial charge < -0.3 is 5.32 Å². The van der Waals surface area contributed by atoms with Crippen LogP contribution in [0.1, 0.15) is 21.8 Å². The number of rotatable bonds is 6. The average Bonchev–Trinajstić information content (AvgIpc) is 3.09. The Morgan fingerprint density at radius 2 is 2.12 bits per heavy atom. The van der Waals surface area contributed by atoms with Gasteiger partial charge in [0, 0.05) is 23.0 Å². The lowest BCUT2D eigenvalue weighted by Crippen LogP contribution is -2.14. The van der Waals surface area contributed by atoms with Crippen LogP contribution in [0.5, 0.6) is 0 Å². The van der Waals surface area contributed by atoms with Crippen molar-refractivity contribution in [1.82, 2.24) is 9.97 Å². The van der Waals surface area contributed by atoms with E-state index in [2.05, 4.69) is 21.4 Å². The standard InChI is InChI=1S/C19H16N4OS2/c1-13-4-6-15(7-5-13)22-17(24)9-18-23-16(11-25-18)12-26-19-14(10-20)3-2-8-21-19/h2-8,11H,9,12H2,1H3,(H,22,24). The maximum Gasteiger partial charge on any atom is 0.231 e. The fourth-order valence-corrected chi connectivity index (χ4v) is 3.94. The molecule has 2 heterocycles. The van der Waals surface area contributed by atoms with E-state index in [1.807, 2.05) is 36.6 Å². The minimum Gasteiger partial charge on any atom is -0.326 e. The zero-order chi connectivity index (χ0) is 18.4. The van der Waals surface area contributed by atoms with Crippen LogP contribution >= 0.6 is 23.1 Å². The van der Waals surface area contributed by atoms with Crippen molar-refractivity contribution < 1.29 is 4.79 Å². The Labute approximate surface area is 160 Å². The zero-order valence-electron chi connectivity index (χ0n) is 14.1. The van der Waals surface area contributed by atoms with Crippen LogP contribution < -0.4 is 5.32 Å². The molecule has 3 aromatic rings. The third-order valence-electron chi connectivity index (χ3n) is 3.49. The van der Waals surface area contributed by atoms with Crippen molar-refractivity contribution in [1.29, 1.82) is 5.26 Å². The molecule has 0 aliphatic rings. The molecule has 1 amide bonds. The number of carbonyl (C=O) groups is 1. The topological polar surface area (TPSA) is 78.7 Å². The van der Waals surface area contributed by atoms with E-state index in [1.54, 1.807) is 18.3 Å². The van der Waals surface area contributed by atoms with E-state index < -0.39 is 0 Å². The highest BCUT2D eigenvalue weighted by atomic mass is 32.2. The Bertz CT molecular complexity index is 945. The number of hydrogen-bond donors (Lipinski definition) is 1. The second kappa shape index (κ2) is 8.61. The highest BCUT2D eigenvalue weighted by Crippen LogP contribution is 2.24. The Kier molecular flexibility index (Phi) is 6.00. The van der Waals surface area contributed by atoms with Gasteiger partial charge in [-0.2, -0.15) is 5.26 Å². The van der Waals surface area contributed by atoms with Gasteiger partial charge >= 0.3 is 0 Å². The van der Waals surface area contributed by atoms with Gasteiger partial charge in [-0.3, -0.25) is 4.79 Å². The summed E-state index contributed by atoms with van der Waals surface area (Å²) in [6, 6.07) is 13.3. The predicted octanol–water partition coefficient (Wildman–Crippen LogP) is 4.19. The maximum absolute atomic E-state index is 12.1. The second-order valence-corrected chi connectivity index (χ2v) is 7.49. The van der Waals surface area contributed by atoms with Crippen molar-refractivity contribution in [3.63, 3.8) is 0 Å². The molecule has 130 valence electrons. The Morgan fingerprint density at radius 1 is 1.31 bits per heavy atom. The van der Waals surface area contributed by atoms with Crippen molar-refractivity contribution in [3.8, 4) is 6.07 Å². The molecule has 0 spiro atoms. The molecule has 0 radical (unpaired) electrons. The zero-order valence-corrected chi connectivity index (χ0v) is 15.7. The molecule has 0 saturated heterocycles. The van der Waals surface area contributed by atoms with Crippen LogP contribution in [0.15, 0.2) is 53.0 Å². The van der Waals surface area contributed by atoms with Gasteiger partial charge in [0.1, 0.15) is 16.1 Å². The summed E-state index contributed by atoms with van der Waals surface area (Å²) < 4.78 is 0. The number of thiazole rings is 1. The van der Waals surface area contributed by atoms with Gasteiger partial charge in [0.2, 0.25) is 5.91 Å². The Hall–Kier alpha value is -2.69. The first-order valence-electron chi connectivity index (χ1n) is 7.92. The summed E-state index contributed by atoms with van der Waals surface area (Å²) in [6.07, 6.45) is 1.92. The molecule has 0 aliphatic heterocycles. The molecule has 26 heavy (non-hydrogen) atoms.